The van der Waals surface area contributed by atoms with Crippen LogP contribution in [0.25, 0.3) is 0 Å². The van der Waals surface area contributed by atoms with Crippen molar-refractivity contribution < 1.29 is 4.74 Å². The fraction of sp³-hybridized carbons (Fsp3) is 0.143. The lowest BCUT2D eigenvalue weighted by molar-refractivity contribution is 0.473. The summed E-state index contributed by atoms with van der Waals surface area (Å²) in [5.41, 5.74) is 7.80. The summed E-state index contributed by atoms with van der Waals surface area (Å²) in [4.78, 5) is 0. The Labute approximate surface area is 95.7 Å². The van der Waals surface area contributed by atoms with Gasteiger partial charge in [-0.05, 0) is 24.6 Å². The summed E-state index contributed by atoms with van der Waals surface area (Å²) in [6.45, 7) is 2.52. The van der Waals surface area contributed by atoms with Gasteiger partial charge in [0.15, 0.2) is 0 Å². The largest absolute Gasteiger partial charge is 0.457 e. The Morgan fingerprint density at radius 1 is 0.938 bits per heavy atom. The number of hydrogen-bond donors (Lipinski definition) is 1. The summed E-state index contributed by atoms with van der Waals surface area (Å²) in [6.07, 6.45) is 0. The molecule has 0 bridgehead atoms. The number of para-hydroxylation sites is 2. The lowest BCUT2D eigenvalue weighted by Gasteiger charge is -2.11. The van der Waals surface area contributed by atoms with Crippen LogP contribution in [0.4, 0.5) is 0 Å². The van der Waals surface area contributed by atoms with Crippen LogP contribution in [-0.2, 0) is 6.54 Å². The lowest BCUT2D eigenvalue weighted by Crippen LogP contribution is -1.99. The molecular formula is C14H15NO. The minimum absolute atomic E-state index is 0.488. The first-order chi connectivity index (χ1) is 7.81. The van der Waals surface area contributed by atoms with Crippen molar-refractivity contribution in [2.75, 3.05) is 0 Å². The highest BCUT2D eigenvalue weighted by Gasteiger charge is 2.03. The van der Waals surface area contributed by atoms with Crippen LogP contribution in [-0.4, -0.2) is 0 Å². The van der Waals surface area contributed by atoms with Gasteiger partial charge in [-0.2, -0.15) is 0 Å². The predicted molar refractivity (Wildman–Crippen MR) is 65.6 cm³/mol. The zero-order chi connectivity index (χ0) is 11.4. The molecule has 2 nitrogen and oxygen atoms in total. The number of nitrogens with two attached hydrogens (primary N) is 1. The van der Waals surface area contributed by atoms with Crippen LogP contribution >= 0.6 is 0 Å². The normalized spacial score (nSPS) is 10.1. The smallest absolute Gasteiger partial charge is 0.131 e. The van der Waals surface area contributed by atoms with E-state index in [4.69, 9.17) is 10.5 Å². The molecule has 2 aromatic rings. The highest BCUT2D eigenvalue weighted by atomic mass is 16.5. The monoisotopic (exact) mass is 213 g/mol. The van der Waals surface area contributed by atoms with E-state index in [1.54, 1.807) is 0 Å². The Balaban J connectivity index is 2.30. The van der Waals surface area contributed by atoms with E-state index >= 15 is 0 Å². The van der Waals surface area contributed by atoms with Crippen molar-refractivity contribution in [3.8, 4) is 11.5 Å². The Hall–Kier alpha value is -1.80. The molecule has 0 atom stereocenters. The highest BCUT2D eigenvalue weighted by molar-refractivity contribution is 5.40. The van der Waals surface area contributed by atoms with E-state index < -0.39 is 0 Å². The second kappa shape index (κ2) is 4.81. The van der Waals surface area contributed by atoms with Gasteiger partial charge < -0.3 is 10.5 Å². The topological polar surface area (TPSA) is 35.2 Å². The van der Waals surface area contributed by atoms with E-state index in [9.17, 15) is 0 Å². The summed E-state index contributed by atoms with van der Waals surface area (Å²) in [7, 11) is 0. The second-order valence-electron chi connectivity index (χ2n) is 3.68. The van der Waals surface area contributed by atoms with Gasteiger partial charge in [0.05, 0.1) is 0 Å². The SMILES string of the molecule is Cc1ccccc1Oc1ccccc1CN. The summed E-state index contributed by atoms with van der Waals surface area (Å²) in [6, 6.07) is 15.8. The van der Waals surface area contributed by atoms with Crippen LogP contribution in [0.3, 0.4) is 0 Å². The van der Waals surface area contributed by atoms with E-state index in [1.165, 1.54) is 0 Å². The maximum Gasteiger partial charge on any atom is 0.131 e. The lowest BCUT2D eigenvalue weighted by atomic mass is 10.2. The highest BCUT2D eigenvalue weighted by Crippen LogP contribution is 2.27. The molecule has 16 heavy (non-hydrogen) atoms. The quantitative estimate of drug-likeness (QED) is 0.849. The van der Waals surface area contributed by atoms with Crippen LogP contribution in [0.2, 0.25) is 0 Å². The van der Waals surface area contributed by atoms with Crippen LogP contribution in [0, 0.1) is 6.92 Å². The fourth-order valence-corrected chi connectivity index (χ4v) is 1.56. The van der Waals surface area contributed by atoms with Gasteiger partial charge in [0.25, 0.3) is 0 Å². The number of aryl methyl sites for hydroxylation is 1. The third-order valence-electron chi connectivity index (χ3n) is 2.51. The summed E-state index contributed by atoms with van der Waals surface area (Å²) in [5, 5.41) is 0. The van der Waals surface area contributed by atoms with Crippen molar-refractivity contribution in [3.63, 3.8) is 0 Å². The van der Waals surface area contributed by atoms with E-state index in [2.05, 4.69) is 0 Å². The molecule has 2 heteroatoms. The molecule has 0 amide bonds. The van der Waals surface area contributed by atoms with Crippen LogP contribution < -0.4 is 10.5 Å². The van der Waals surface area contributed by atoms with Gasteiger partial charge in [0, 0.05) is 12.1 Å². The number of hydrogen-bond acceptors (Lipinski definition) is 2. The molecule has 0 heterocycles. The van der Waals surface area contributed by atoms with Crippen LogP contribution in [0.5, 0.6) is 11.5 Å². The maximum absolute atomic E-state index is 5.85. The summed E-state index contributed by atoms with van der Waals surface area (Å²) in [5.74, 6) is 1.71. The van der Waals surface area contributed by atoms with Gasteiger partial charge >= 0.3 is 0 Å². The zero-order valence-corrected chi connectivity index (χ0v) is 9.31. The van der Waals surface area contributed by atoms with Gasteiger partial charge in [0.1, 0.15) is 11.5 Å². The minimum atomic E-state index is 0.488. The van der Waals surface area contributed by atoms with E-state index in [1.807, 2.05) is 55.5 Å². The Kier molecular flexibility index (Phi) is 3.22. The van der Waals surface area contributed by atoms with E-state index in [0.29, 0.717) is 6.54 Å². The molecule has 0 aliphatic rings. The number of benzene rings is 2. The van der Waals surface area contributed by atoms with Crippen molar-refractivity contribution in [2.24, 2.45) is 5.73 Å². The third-order valence-corrected chi connectivity index (χ3v) is 2.51. The first-order valence-electron chi connectivity index (χ1n) is 5.32. The molecule has 2 N–H and O–H groups in total. The molecule has 0 aliphatic carbocycles. The fourth-order valence-electron chi connectivity index (χ4n) is 1.56. The molecule has 0 saturated heterocycles. The third kappa shape index (κ3) is 2.23. The van der Waals surface area contributed by atoms with Crippen molar-refractivity contribution >= 4 is 0 Å². The molecule has 0 aromatic heterocycles. The van der Waals surface area contributed by atoms with Gasteiger partial charge in [-0.1, -0.05) is 36.4 Å². The van der Waals surface area contributed by atoms with E-state index in [-0.39, 0.29) is 0 Å². The first-order valence-corrected chi connectivity index (χ1v) is 5.32. The van der Waals surface area contributed by atoms with Crippen molar-refractivity contribution in [3.05, 3.63) is 59.7 Å². The maximum atomic E-state index is 5.85. The number of rotatable bonds is 3. The van der Waals surface area contributed by atoms with Crippen LogP contribution in [0.1, 0.15) is 11.1 Å². The second-order valence-corrected chi connectivity index (χ2v) is 3.68. The molecular weight excluding hydrogens is 198 g/mol. The molecule has 0 unspecified atom stereocenters. The average Bonchev–Trinajstić information content (AvgIpc) is 2.33. The molecule has 0 fully saturated rings. The average molecular weight is 213 g/mol. The Morgan fingerprint density at radius 3 is 2.25 bits per heavy atom. The first kappa shape index (κ1) is 10.7. The predicted octanol–water partition coefficient (Wildman–Crippen LogP) is 3.25. The van der Waals surface area contributed by atoms with Crippen LogP contribution in [0.15, 0.2) is 48.5 Å². The van der Waals surface area contributed by atoms with E-state index in [0.717, 1.165) is 22.6 Å². The number of ether oxygens (including phenoxy) is 1. The molecule has 2 rings (SSSR count). The molecule has 0 saturated carbocycles. The van der Waals surface area contributed by atoms with Gasteiger partial charge in [-0.25, -0.2) is 0 Å². The molecule has 0 radical (unpaired) electrons. The summed E-state index contributed by atoms with van der Waals surface area (Å²) >= 11 is 0. The van der Waals surface area contributed by atoms with Gasteiger partial charge in [0.2, 0.25) is 0 Å². The zero-order valence-electron chi connectivity index (χ0n) is 9.31. The molecule has 2 aromatic carbocycles. The molecule has 82 valence electrons. The minimum Gasteiger partial charge on any atom is -0.457 e. The van der Waals surface area contributed by atoms with Gasteiger partial charge in [-0.15, -0.1) is 0 Å². The molecule has 0 spiro atoms. The van der Waals surface area contributed by atoms with Crippen molar-refractivity contribution in [2.45, 2.75) is 13.5 Å². The Bertz CT molecular complexity index is 480. The summed E-state index contributed by atoms with van der Waals surface area (Å²) < 4.78 is 5.85. The van der Waals surface area contributed by atoms with Gasteiger partial charge in [-0.3, -0.25) is 0 Å². The van der Waals surface area contributed by atoms with Crippen molar-refractivity contribution in [1.29, 1.82) is 0 Å². The Morgan fingerprint density at radius 2 is 1.56 bits per heavy atom. The van der Waals surface area contributed by atoms with Crippen molar-refractivity contribution in [1.82, 2.24) is 0 Å². The standard InChI is InChI=1S/C14H15NO/c1-11-6-2-4-8-13(11)16-14-9-5-3-7-12(14)10-15/h2-9H,10,15H2,1H3. The molecule has 0 aliphatic heterocycles.